The van der Waals surface area contributed by atoms with Crippen molar-refractivity contribution in [3.63, 3.8) is 0 Å². The summed E-state index contributed by atoms with van der Waals surface area (Å²) in [5, 5.41) is -0.576. The van der Waals surface area contributed by atoms with Crippen LogP contribution in [0, 0.1) is 11.6 Å². The number of ether oxygens (including phenoxy) is 1. The van der Waals surface area contributed by atoms with E-state index in [0.717, 1.165) is 43.6 Å². The smallest absolute Gasteiger partial charge is 0.145 e. The third kappa shape index (κ3) is 5.58. The molecule has 1 saturated heterocycles. The molecule has 2 aromatic heterocycles. The number of piperidine rings is 1. The Bertz CT molecular complexity index is 1320. The van der Waals surface area contributed by atoms with Crippen LogP contribution in [0.2, 0.25) is 5.02 Å². The lowest BCUT2D eigenvalue weighted by molar-refractivity contribution is -0.0800. The molecule has 0 amide bonds. The van der Waals surface area contributed by atoms with Gasteiger partial charge in [-0.15, -0.1) is 4.72 Å². The quantitative estimate of drug-likeness (QED) is 0.299. The molecule has 39 heavy (non-hydrogen) atoms. The molecule has 1 aromatic carbocycles. The van der Waals surface area contributed by atoms with Crippen molar-refractivity contribution in [2.24, 2.45) is 0 Å². The van der Waals surface area contributed by atoms with Crippen LogP contribution in [-0.2, 0) is 40.4 Å². The molecule has 1 unspecified atom stereocenters. The summed E-state index contributed by atoms with van der Waals surface area (Å²) in [7, 11) is 0. The molecular weight excluding hydrogens is 542 g/mol. The standard InChI is InChI=1S/C29H33ClF2N4O2S/c1-27(2,3)39(37)35-28(4,21-13-23(31)26(30)24(32)14-21)25-6-5-19(15-34-25)17-36-11-8-29(9-12-36)22-16-33-10-7-20(22)18-38-29/h5-7,10,13-16,35H,8-9,11-12,17-18H2,1-4H3/t28-,39?/m0/s1. The molecule has 1 spiro atoms. The van der Waals surface area contributed by atoms with Crippen LogP contribution in [0.5, 0.6) is 0 Å². The van der Waals surface area contributed by atoms with E-state index in [0.29, 0.717) is 18.8 Å². The van der Waals surface area contributed by atoms with Gasteiger partial charge in [0.2, 0.25) is 0 Å². The number of fused-ring (bicyclic) bond motifs is 2. The largest absolute Gasteiger partial charge is 0.598 e. The van der Waals surface area contributed by atoms with E-state index >= 15 is 0 Å². The molecule has 0 bridgehead atoms. The first-order valence-electron chi connectivity index (χ1n) is 13.0. The van der Waals surface area contributed by atoms with Crippen LogP contribution in [0.15, 0.2) is 48.9 Å². The Kier molecular flexibility index (Phi) is 7.78. The predicted octanol–water partition coefficient (Wildman–Crippen LogP) is 5.75. The fraction of sp³-hybridized carbons (Fsp3) is 0.448. The predicted molar refractivity (Wildman–Crippen MR) is 148 cm³/mol. The van der Waals surface area contributed by atoms with Gasteiger partial charge < -0.3 is 9.29 Å². The Labute approximate surface area is 236 Å². The van der Waals surface area contributed by atoms with Crippen LogP contribution in [0.25, 0.3) is 0 Å². The summed E-state index contributed by atoms with van der Waals surface area (Å²) in [6.45, 7) is 10.3. The number of rotatable bonds is 6. The molecule has 0 aliphatic carbocycles. The van der Waals surface area contributed by atoms with E-state index in [9.17, 15) is 13.3 Å². The van der Waals surface area contributed by atoms with Gasteiger partial charge in [0.1, 0.15) is 26.9 Å². The Morgan fingerprint density at radius 3 is 2.41 bits per heavy atom. The molecule has 0 radical (unpaired) electrons. The Morgan fingerprint density at radius 1 is 1.10 bits per heavy atom. The van der Waals surface area contributed by atoms with Crippen molar-refractivity contribution in [3.8, 4) is 0 Å². The third-order valence-corrected chi connectivity index (χ3v) is 9.79. The van der Waals surface area contributed by atoms with E-state index in [4.69, 9.17) is 16.3 Å². The maximum Gasteiger partial charge on any atom is 0.145 e. The number of hydrogen-bond donors (Lipinski definition) is 1. The van der Waals surface area contributed by atoms with E-state index in [-0.39, 0.29) is 11.2 Å². The van der Waals surface area contributed by atoms with E-state index in [1.807, 2.05) is 51.4 Å². The number of hydrogen-bond acceptors (Lipinski definition) is 6. The van der Waals surface area contributed by atoms with Crippen molar-refractivity contribution in [2.75, 3.05) is 13.1 Å². The maximum absolute atomic E-state index is 14.5. The summed E-state index contributed by atoms with van der Waals surface area (Å²) in [4.78, 5) is 11.4. The van der Waals surface area contributed by atoms with Crippen molar-refractivity contribution >= 4 is 23.0 Å². The zero-order valence-electron chi connectivity index (χ0n) is 22.6. The van der Waals surface area contributed by atoms with E-state index < -0.39 is 38.3 Å². The van der Waals surface area contributed by atoms with Crippen LogP contribution >= 0.6 is 11.6 Å². The second kappa shape index (κ2) is 10.7. The number of nitrogens with one attached hydrogen (secondary N) is 1. The molecule has 1 fully saturated rings. The van der Waals surface area contributed by atoms with Gasteiger partial charge in [-0.25, -0.2) is 8.78 Å². The minimum Gasteiger partial charge on any atom is -0.598 e. The minimum absolute atomic E-state index is 0.243. The summed E-state index contributed by atoms with van der Waals surface area (Å²) in [5.41, 5.74) is 2.70. The summed E-state index contributed by atoms with van der Waals surface area (Å²) >= 11 is 4.19. The number of benzene rings is 1. The van der Waals surface area contributed by atoms with Gasteiger partial charge in [-0.1, -0.05) is 17.7 Å². The number of nitrogens with zero attached hydrogens (tertiary/aromatic N) is 3. The summed E-state index contributed by atoms with van der Waals surface area (Å²) in [6.07, 6.45) is 7.32. The zero-order valence-corrected chi connectivity index (χ0v) is 24.1. The SMILES string of the molecule is CC(C)(C)[S+]([O-])N[C@@](C)(c1cc(F)c(Cl)c(F)c1)c1ccc(CN2CCC3(CC2)OCc2ccncc23)cn1. The molecule has 1 N–H and O–H groups in total. The number of pyridine rings is 2. The maximum atomic E-state index is 14.5. The molecular formula is C29H33ClF2N4O2S. The van der Waals surface area contributed by atoms with Gasteiger partial charge in [0.15, 0.2) is 0 Å². The van der Waals surface area contributed by atoms with Crippen molar-refractivity contribution in [3.05, 3.63) is 93.5 Å². The summed E-state index contributed by atoms with van der Waals surface area (Å²) < 4.78 is 50.8. The fourth-order valence-electron chi connectivity index (χ4n) is 5.25. The fourth-order valence-corrected chi connectivity index (χ4v) is 6.26. The molecule has 2 aliphatic heterocycles. The first-order chi connectivity index (χ1) is 18.4. The number of likely N-dealkylation sites (tertiary alicyclic amines) is 1. The normalized spacial score (nSPS) is 19.6. The van der Waals surface area contributed by atoms with Gasteiger partial charge in [0.05, 0.1) is 17.9 Å². The second-order valence-corrected chi connectivity index (χ2v) is 13.8. The minimum atomic E-state index is -1.55. The van der Waals surface area contributed by atoms with Crippen molar-refractivity contribution in [1.82, 2.24) is 19.6 Å². The Balaban J connectivity index is 1.34. The van der Waals surface area contributed by atoms with Crippen LogP contribution in [0.1, 0.15) is 68.5 Å². The van der Waals surface area contributed by atoms with Gasteiger partial charge in [0.25, 0.3) is 0 Å². The zero-order chi connectivity index (χ0) is 28.0. The lowest BCUT2D eigenvalue weighted by Gasteiger charge is -2.39. The highest BCUT2D eigenvalue weighted by Gasteiger charge is 2.43. The van der Waals surface area contributed by atoms with Crippen LogP contribution < -0.4 is 4.72 Å². The van der Waals surface area contributed by atoms with Crippen molar-refractivity contribution < 1.29 is 18.1 Å². The highest BCUT2D eigenvalue weighted by Crippen LogP contribution is 2.44. The first-order valence-corrected chi connectivity index (χ1v) is 14.5. The average Bonchev–Trinajstić information content (AvgIpc) is 3.26. The first kappa shape index (κ1) is 28.4. The summed E-state index contributed by atoms with van der Waals surface area (Å²) in [5.74, 6) is -1.77. The van der Waals surface area contributed by atoms with Gasteiger partial charge in [-0.2, -0.15) is 0 Å². The van der Waals surface area contributed by atoms with E-state index in [2.05, 4.69) is 19.6 Å². The van der Waals surface area contributed by atoms with Crippen LogP contribution in [0.4, 0.5) is 8.78 Å². The molecule has 4 heterocycles. The monoisotopic (exact) mass is 574 g/mol. The van der Waals surface area contributed by atoms with Gasteiger partial charge in [-0.3, -0.25) is 14.9 Å². The second-order valence-electron chi connectivity index (χ2n) is 11.5. The third-order valence-electron chi connectivity index (χ3n) is 7.73. The van der Waals surface area contributed by atoms with E-state index in [1.54, 1.807) is 13.1 Å². The molecule has 2 aliphatic rings. The van der Waals surface area contributed by atoms with Gasteiger partial charge >= 0.3 is 0 Å². The van der Waals surface area contributed by atoms with E-state index in [1.165, 1.54) is 11.1 Å². The average molecular weight is 575 g/mol. The van der Waals surface area contributed by atoms with Gasteiger partial charge in [-0.05, 0) is 81.5 Å². The van der Waals surface area contributed by atoms with Crippen molar-refractivity contribution in [2.45, 2.75) is 69.6 Å². The molecule has 10 heteroatoms. The molecule has 3 aromatic rings. The van der Waals surface area contributed by atoms with Crippen LogP contribution in [-0.4, -0.2) is 37.3 Å². The highest BCUT2D eigenvalue weighted by molar-refractivity contribution is 7.90. The lowest BCUT2D eigenvalue weighted by atomic mass is 9.84. The number of halogens is 3. The Hall–Kier alpha value is -2.14. The highest BCUT2D eigenvalue weighted by atomic mass is 35.5. The van der Waals surface area contributed by atoms with Crippen molar-refractivity contribution in [1.29, 1.82) is 0 Å². The summed E-state index contributed by atoms with van der Waals surface area (Å²) in [6, 6.07) is 8.14. The topological polar surface area (TPSA) is 73.3 Å². The molecule has 5 rings (SSSR count). The molecule has 2 atom stereocenters. The van der Waals surface area contributed by atoms with Gasteiger partial charge in [0, 0.05) is 55.2 Å². The lowest BCUT2D eigenvalue weighted by Crippen LogP contribution is -2.51. The molecule has 208 valence electrons. The van der Waals surface area contributed by atoms with Crippen LogP contribution in [0.3, 0.4) is 0 Å². The molecule has 6 nitrogen and oxygen atoms in total. The number of aromatic nitrogens is 2. The molecule has 0 saturated carbocycles. The Morgan fingerprint density at radius 2 is 1.79 bits per heavy atom.